The molecule has 0 heterocycles. The summed E-state index contributed by atoms with van der Waals surface area (Å²) in [5, 5.41) is 3.68. The van der Waals surface area contributed by atoms with Crippen LogP contribution in [-0.2, 0) is 16.1 Å². The minimum atomic E-state index is -0.519. The van der Waals surface area contributed by atoms with Gasteiger partial charge in [-0.3, -0.25) is 9.59 Å². The highest BCUT2D eigenvalue weighted by molar-refractivity contribution is 7.99. The van der Waals surface area contributed by atoms with Crippen LogP contribution in [0.25, 0.3) is 0 Å². The Bertz CT molecular complexity index is 855. The van der Waals surface area contributed by atoms with E-state index in [-0.39, 0.29) is 11.8 Å². The Kier molecular flexibility index (Phi) is 10.4. The summed E-state index contributed by atoms with van der Waals surface area (Å²) in [5.41, 5.74) is 2.18. The van der Waals surface area contributed by atoms with Crippen molar-refractivity contribution in [2.45, 2.75) is 58.0 Å². The zero-order chi connectivity index (χ0) is 22.8. The lowest BCUT2D eigenvalue weighted by molar-refractivity contribution is -0.140. The second-order valence-electron chi connectivity index (χ2n) is 8.17. The molecule has 1 atom stereocenters. The van der Waals surface area contributed by atoms with Crippen LogP contribution in [0.5, 0.6) is 0 Å². The largest absolute Gasteiger partial charge is 0.354 e. The molecule has 2 rings (SSSR count). The molecule has 2 amide bonds. The number of aryl methyl sites for hydroxylation is 1. The molecule has 0 bridgehead atoms. The van der Waals surface area contributed by atoms with Gasteiger partial charge in [0.25, 0.3) is 0 Å². The summed E-state index contributed by atoms with van der Waals surface area (Å²) in [7, 11) is 0. The number of nitrogens with one attached hydrogen (secondary N) is 1. The number of hydrogen-bond donors (Lipinski definition) is 1. The minimum Gasteiger partial charge on any atom is -0.354 e. The van der Waals surface area contributed by atoms with Crippen LogP contribution in [0.1, 0.15) is 44.7 Å². The van der Waals surface area contributed by atoms with Crippen LogP contribution in [0.2, 0.25) is 5.02 Å². The molecule has 0 aliphatic carbocycles. The average Bonchev–Trinajstić information content (AvgIpc) is 2.75. The molecule has 2 aromatic carbocycles. The molecule has 0 unspecified atom stereocenters. The van der Waals surface area contributed by atoms with Crippen molar-refractivity contribution in [3.8, 4) is 0 Å². The average molecular weight is 461 g/mol. The fourth-order valence-electron chi connectivity index (χ4n) is 3.09. The van der Waals surface area contributed by atoms with Crippen LogP contribution in [0.4, 0.5) is 0 Å². The van der Waals surface area contributed by atoms with E-state index in [9.17, 15) is 9.59 Å². The minimum absolute atomic E-state index is 0.00663. The third kappa shape index (κ3) is 8.58. The molecule has 2 aromatic rings. The molecule has 0 saturated heterocycles. The van der Waals surface area contributed by atoms with Crippen LogP contribution in [0.3, 0.4) is 0 Å². The zero-order valence-electron chi connectivity index (χ0n) is 18.9. The number of benzene rings is 2. The Balaban J connectivity index is 2.00. The molecule has 0 radical (unpaired) electrons. The van der Waals surface area contributed by atoms with E-state index in [2.05, 4.69) is 19.2 Å². The van der Waals surface area contributed by atoms with Crippen molar-refractivity contribution in [1.82, 2.24) is 10.2 Å². The van der Waals surface area contributed by atoms with E-state index in [1.165, 1.54) is 0 Å². The van der Waals surface area contributed by atoms with E-state index in [0.29, 0.717) is 25.4 Å². The Morgan fingerprint density at radius 3 is 2.39 bits per heavy atom. The van der Waals surface area contributed by atoms with Crippen LogP contribution < -0.4 is 5.32 Å². The Labute approximate surface area is 195 Å². The molecule has 0 aliphatic rings. The predicted octanol–water partition coefficient (Wildman–Crippen LogP) is 5.71. The molecule has 4 nitrogen and oxygen atoms in total. The SMILES string of the molecule is Cc1ccccc1CN(C(=O)CCCSc1ccc(Cl)cc1)[C@H](C)C(=O)NCC(C)C. The maximum Gasteiger partial charge on any atom is 0.242 e. The normalized spacial score (nSPS) is 11.9. The monoisotopic (exact) mass is 460 g/mol. The highest BCUT2D eigenvalue weighted by Crippen LogP contribution is 2.22. The fourth-order valence-corrected chi connectivity index (χ4v) is 4.07. The van der Waals surface area contributed by atoms with Gasteiger partial charge in [0.1, 0.15) is 6.04 Å². The van der Waals surface area contributed by atoms with E-state index >= 15 is 0 Å². The van der Waals surface area contributed by atoms with Gasteiger partial charge in [-0.25, -0.2) is 0 Å². The van der Waals surface area contributed by atoms with Crippen molar-refractivity contribution in [1.29, 1.82) is 0 Å². The maximum atomic E-state index is 13.1. The van der Waals surface area contributed by atoms with Gasteiger partial charge >= 0.3 is 0 Å². The van der Waals surface area contributed by atoms with Gasteiger partial charge in [-0.1, -0.05) is 49.7 Å². The molecule has 0 aromatic heterocycles. The summed E-state index contributed by atoms with van der Waals surface area (Å²) in [6.45, 7) is 9.00. The second-order valence-corrected chi connectivity index (χ2v) is 9.77. The van der Waals surface area contributed by atoms with E-state index in [1.807, 2.05) is 62.4 Å². The van der Waals surface area contributed by atoms with Gasteiger partial charge in [-0.2, -0.15) is 0 Å². The highest BCUT2D eigenvalue weighted by Gasteiger charge is 2.26. The molecule has 168 valence electrons. The summed E-state index contributed by atoms with van der Waals surface area (Å²) in [4.78, 5) is 28.7. The van der Waals surface area contributed by atoms with Crippen molar-refractivity contribution in [2.75, 3.05) is 12.3 Å². The van der Waals surface area contributed by atoms with Gasteiger partial charge in [-0.05, 0) is 67.3 Å². The van der Waals surface area contributed by atoms with Crippen LogP contribution in [-0.4, -0.2) is 35.1 Å². The first kappa shape index (κ1) is 25.3. The molecule has 0 aliphatic heterocycles. The predicted molar refractivity (Wildman–Crippen MR) is 130 cm³/mol. The summed E-state index contributed by atoms with van der Waals surface area (Å²) < 4.78 is 0. The van der Waals surface area contributed by atoms with E-state index in [0.717, 1.165) is 33.2 Å². The number of carbonyl (C=O) groups is 2. The summed E-state index contributed by atoms with van der Waals surface area (Å²) >= 11 is 7.64. The number of carbonyl (C=O) groups excluding carboxylic acids is 2. The smallest absolute Gasteiger partial charge is 0.242 e. The number of rotatable bonds is 11. The van der Waals surface area contributed by atoms with Crippen molar-refractivity contribution in [3.05, 3.63) is 64.7 Å². The number of nitrogens with zero attached hydrogens (tertiary/aromatic N) is 1. The highest BCUT2D eigenvalue weighted by atomic mass is 35.5. The van der Waals surface area contributed by atoms with E-state index < -0.39 is 6.04 Å². The van der Waals surface area contributed by atoms with Gasteiger partial charge in [0.05, 0.1) is 0 Å². The molecular weight excluding hydrogens is 428 g/mol. The number of thioether (sulfide) groups is 1. The zero-order valence-corrected chi connectivity index (χ0v) is 20.4. The van der Waals surface area contributed by atoms with E-state index in [4.69, 9.17) is 11.6 Å². The first-order chi connectivity index (χ1) is 14.8. The molecule has 0 saturated carbocycles. The van der Waals surface area contributed by atoms with Crippen LogP contribution >= 0.6 is 23.4 Å². The van der Waals surface area contributed by atoms with Crippen LogP contribution in [0.15, 0.2) is 53.4 Å². The van der Waals surface area contributed by atoms with Crippen molar-refractivity contribution < 1.29 is 9.59 Å². The molecule has 0 spiro atoms. The Hall–Kier alpha value is -1.98. The Morgan fingerprint density at radius 2 is 1.74 bits per heavy atom. The molecule has 0 fully saturated rings. The summed E-state index contributed by atoms with van der Waals surface area (Å²) in [6, 6.07) is 15.2. The van der Waals surface area contributed by atoms with Crippen LogP contribution in [0, 0.1) is 12.8 Å². The molecule has 1 N–H and O–H groups in total. The quantitative estimate of drug-likeness (QED) is 0.345. The van der Waals surface area contributed by atoms with Crippen molar-refractivity contribution in [2.24, 2.45) is 5.92 Å². The number of halogens is 1. The van der Waals surface area contributed by atoms with Gasteiger partial charge in [0, 0.05) is 29.4 Å². The third-order valence-electron chi connectivity index (χ3n) is 5.07. The molecule has 31 heavy (non-hydrogen) atoms. The van der Waals surface area contributed by atoms with Gasteiger partial charge < -0.3 is 10.2 Å². The summed E-state index contributed by atoms with van der Waals surface area (Å²) in [6.07, 6.45) is 1.16. The second kappa shape index (κ2) is 12.8. The van der Waals surface area contributed by atoms with Crippen molar-refractivity contribution in [3.63, 3.8) is 0 Å². The standard InChI is InChI=1S/C25H33ClN2O2S/c1-18(2)16-27-25(30)20(4)28(17-21-9-6-5-8-19(21)3)24(29)10-7-15-31-23-13-11-22(26)12-14-23/h5-6,8-9,11-14,18,20H,7,10,15-17H2,1-4H3,(H,27,30)/t20-/m1/s1. The lowest BCUT2D eigenvalue weighted by Crippen LogP contribution is -2.48. The Morgan fingerprint density at radius 1 is 1.06 bits per heavy atom. The fraction of sp³-hybridized carbons (Fsp3) is 0.440. The topological polar surface area (TPSA) is 49.4 Å². The van der Waals surface area contributed by atoms with Gasteiger partial charge in [0.2, 0.25) is 11.8 Å². The molecular formula is C25H33ClN2O2S. The lowest BCUT2D eigenvalue weighted by Gasteiger charge is -2.29. The first-order valence-corrected chi connectivity index (χ1v) is 12.1. The first-order valence-electron chi connectivity index (χ1n) is 10.8. The maximum absolute atomic E-state index is 13.1. The number of hydrogen-bond acceptors (Lipinski definition) is 3. The lowest BCUT2D eigenvalue weighted by atomic mass is 10.1. The van der Waals surface area contributed by atoms with E-state index in [1.54, 1.807) is 16.7 Å². The summed E-state index contributed by atoms with van der Waals surface area (Å²) in [5.74, 6) is 1.10. The van der Waals surface area contributed by atoms with Gasteiger partial charge in [0.15, 0.2) is 0 Å². The van der Waals surface area contributed by atoms with Gasteiger partial charge in [-0.15, -0.1) is 11.8 Å². The number of amides is 2. The van der Waals surface area contributed by atoms with Crippen molar-refractivity contribution >= 4 is 35.2 Å². The molecule has 6 heteroatoms. The third-order valence-corrected chi connectivity index (χ3v) is 6.42.